The van der Waals surface area contributed by atoms with Crippen LogP contribution in [-0.2, 0) is 45.8 Å². The Morgan fingerprint density at radius 1 is 0.935 bits per heavy atom. The summed E-state index contributed by atoms with van der Waals surface area (Å²) in [4.78, 5) is 53.2. The number of nitrogens with one attached hydrogen (secondary N) is 1. The number of likely N-dealkylation sites (N-methyl/N-ethyl adjacent to an activating group) is 1. The number of carbonyl (C=O) groups excluding carboxylic acids is 3. The summed E-state index contributed by atoms with van der Waals surface area (Å²) in [7, 11) is 6.15. The average molecular weight is 857 g/mol. The lowest BCUT2D eigenvalue weighted by Crippen LogP contribution is -2.81. The Kier molecular flexibility index (Phi) is 11.4. The average Bonchev–Trinajstić information content (AvgIpc) is 3.93. The molecule has 6 aliphatic rings. The normalized spacial score (nSPS) is 35.5. The number of hydrogen-bond acceptors (Lipinski definition) is 13. The van der Waals surface area contributed by atoms with Crippen LogP contribution in [0, 0.1) is 11.3 Å². The zero-order chi connectivity index (χ0) is 44.6. The van der Waals surface area contributed by atoms with Crippen molar-refractivity contribution in [1.82, 2.24) is 14.8 Å². The molecule has 1 unspecified atom stereocenters. The molecule has 336 valence electrons. The highest BCUT2D eigenvalue weighted by Gasteiger charge is 2.80. The van der Waals surface area contributed by atoms with Crippen molar-refractivity contribution in [1.29, 1.82) is 0 Å². The first-order valence-electron chi connectivity index (χ1n) is 22.2. The standard InChI is InChI=1S/C46H58N4O9.C2H6O/c1-8-42(54)23-28-24-45(40(52)57-6,36-30(15-19-49(25-28)26-42)29-13-10-11-14-33(29)47-36)32-21-31-34(22-35(32)56-5)48(4)38-44(31)17-20-50-18-12-16-43(9-2,37(44)50)39(59-27(3)51)46(38,55)41(53)58-7;1-2-3/h10-14,16,21-22,28,37-39,47,54-55H,8-9,15,17-20,23-26H2,1-7H3;3H,2H2,1H3/t28-,37-,38+,39+,42-,43+,44+,45-,46-;/m0./s1. The van der Waals surface area contributed by atoms with Crippen LogP contribution in [0.4, 0.5) is 5.69 Å². The van der Waals surface area contributed by atoms with Crippen molar-refractivity contribution in [3.8, 4) is 5.75 Å². The number of methoxy groups -OCH3 is 3. The Labute approximate surface area is 364 Å². The van der Waals surface area contributed by atoms with Crippen molar-refractivity contribution < 1.29 is 48.7 Å². The molecule has 14 nitrogen and oxygen atoms in total. The van der Waals surface area contributed by atoms with E-state index in [1.165, 1.54) is 21.1 Å². The number of aliphatic hydroxyl groups excluding tert-OH is 1. The van der Waals surface area contributed by atoms with Crippen LogP contribution in [0.1, 0.15) is 82.2 Å². The molecule has 14 heteroatoms. The van der Waals surface area contributed by atoms with Gasteiger partial charge in [0.15, 0.2) is 6.10 Å². The molecule has 1 saturated carbocycles. The van der Waals surface area contributed by atoms with Crippen molar-refractivity contribution in [3.63, 3.8) is 0 Å². The molecule has 3 aromatic rings. The van der Waals surface area contributed by atoms with Gasteiger partial charge in [0.05, 0.1) is 33.0 Å². The van der Waals surface area contributed by atoms with Gasteiger partial charge >= 0.3 is 17.9 Å². The third kappa shape index (κ3) is 6.03. The number of piperidine rings is 1. The number of esters is 3. The maximum absolute atomic E-state index is 15.3. The molecule has 62 heavy (non-hydrogen) atoms. The number of aromatic nitrogens is 1. The van der Waals surface area contributed by atoms with Gasteiger partial charge in [0.25, 0.3) is 0 Å². The van der Waals surface area contributed by atoms with Crippen molar-refractivity contribution in [2.75, 3.05) is 72.6 Å². The molecule has 6 heterocycles. The smallest absolute Gasteiger partial charge is 0.344 e. The Balaban J connectivity index is 0.00000171. The number of para-hydroxylation sites is 1. The summed E-state index contributed by atoms with van der Waals surface area (Å²) >= 11 is 0. The maximum atomic E-state index is 15.3. The number of nitrogens with zero attached hydrogens (tertiary/aromatic N) is 3. The first-order valence-corrected chi connectivity index (χ1v) is 22.2. The zero-order valence-corrected chi connectivity index (χ0v) is 37.5. The highest BCUT2D eigenvalue weighted by Crippen LogP contribution is 2.68. The summed E-state index contributed by atoms with van der Waals surface area (Å²) in [6.07, 6.45) is 5.94. The van der Waals surface area contributed by atoms with Crippen molar-refractivity contribution in [3.05, 3.63) is 70.9 Å². The highest BCUT2D eigenvalue weighted by molar-refractivity contribution is 5.95. The van der Waals surface area contributed by atoms with Gasteiger partial charge in [-0.05, 0) is 81.2 Å². The Hall–Kier alpha value is -4.47. The first kappa shape index (κ1) is 44.1. The molecule has 4 N–H and O–H groups in total. The molecule has 2 bridgehead atoms. The van der Waals surface area contributed by atoms with Gasteiger partial charge in [-0.2, -0.15) is 0 Å². The third-order valence-corrected chi connectivity index (χ3v) is 15.6. The first-order chi connectivity index (χ1) is 29.6. The molecule has 1 aromatic heterocycles. The van der Waals surface area contributed by atoms with Crippen LogP contribution >= 0.6 is 0 Å². The minimum absolute atomic E-state index is 0.0986. The molecule has 9 rings (SSSR count). The zero-order valence-electron chi connectivity index (χ0n) is 37.5. The van der Waals surface area contributed by atoms with Crippen LogP contribution in [0.5, 0.6) is 5.75 Å². The number of rotatable bonds is 7. The van der Waals surface area contributed by atoms with Crippen molar-refractivity contribution in [2.45, 2.75) is 106 Å². The number of anilines is 1. The van der Waals surface area contributed by atoms with E-state index in [9.17, 15) is 19.8 Å². The van der Waals surface area contributed by atoms with E-state index in [2.05, 4.69) is 39.1 Å². The lowest BCUT2D eigenvalue weighted by atomic mass is 9.47. The molecule has 1 spiro atoms. The lowest BCUT2D eigenvalue weighted by Gasteiger charge is -2.63. The van der Waals surface area contributed by atoms with E-state index >= 15 is 4.79 Å². The predicted octanol–water partition coefficient (Wildman–Crippen LogP) is 3.99. The predicted molar refractivity (Wildman–Crippen MR) is 233 cm³/mol. The molecule has 1 aliphatic carbocycles. The van der Waals surface area contributed by atoms with Crippen LogP contribution in [0.2, 0.25) is 0 Å². The second kappa shape index (κ2) is 16.0. The maximum Gasteiger partial charge on any atom is 0.344 e. The van der Waals surface area contributed by atoms with Crippen molar-refractivity contribution >= 4 is 34.5 Å². The summed E-state index contributed by atoms with van der Waals surface area (Å²) in [6.45, 7) is 10.6. The fraction of sp³-hybridized carbons (Fsp3) is 0.604. The van der Waals surface area contributed by atoms with E-state index in [-0.39, 0.29) is 18.6 Å². The van der Waals surface area contributed by atoms with Crippen LogP contribution in [-0.4, -0.2) is 145 Å². The van der Waals surface area contributed by atoms with Gasteiger partial charge < -0.3 is 44.2 Å². The SMILES string of the molecule is CCO.CC[C@]1(O)C[C@@H]2CN(CCc3c([nH]c4ccccc34)[C@@](C(=O)OC)(c3cc4c(cc3OC)N(C)[C@H]3[C@@](O)(C(=O)OC)[C@H](OC(C)=O)[C@]5(CC)C=CCN6CC[C@]43[C@@H]65)C2)C1. The van der Waals surface area contributed by atoms with E-state index in [0.29, 0.717) is 82.6 Å². The number of benzene rings is 2. The topological polar surface area (TPSA) is 174 Å². The number of hydrogen-bond donors (Lipinski definition) is 4. The summed E-state index contributed by atoms with van der Waals surface area (Å²) in [5.74, 6) is -1.56. The van der Waals surface area contributed by atoms with E-state index in [0.717, 1.165) is 33.4 Å². The lowest BCUT2D eigenvalue weighted by molar-refractivity contribution is -0.228. The Bertz CT molecular complexity index is 2280. The number of fused-ring (bicyclic) bond motifs is 6. The Morgan fingerprint density at radius 3 is 2.32 bits per heavy atom. The fourth-order valence-corrected chi connectivity index (χ4v) is 13.5. The van der Waals surface area contributed by atoms with Gasteiger partial charge in [-0.1, -0.05) is 44.2 Å². The molecular weight excluding hydrogens is 793 g/mol. The molecular formula is C48H64N4O10. The Morgan fingerprint density at radius 2 is 1.66 bits per heavy atom. The number of carbonyl (C=O) groups is 3. The van der Waals surface area contributed by atoms with E-state index in [1.807, 2.05) is 50.1 Å². The minimum atomic E-state index is -2.30. The van der Waals surface area contributed by atoms with Crippen LogP contribution in [0.25, 0.3) is 10.9 Å². The molecule has 10 atom stereocenters. The van der Waals surface area contributed by atoms with E-state index in [4.69, 9.17) is 24.1 Å². The van der Waals surface area contributed by atoms with E-state index < -0.39 is 57.5 Å². The summed E-state index contributed by atoms with van der Waals surface area (Å²) in [6, 6.07) is 11.0. The monoisotopic (exact) mass is 856 g/mol. The molecule has 2 aromatic carbocycles. The number of aliphatic hydroxyl groups is 3. The van der Waals surface area contributed by atoms with Crippen LogP contribution in [0.3, 0.4) is 0 Å². The van der Waals surface area contributed by atoms with Gasteiger partial charge in [0, 0.05) is 97.5 Å². The summed E-state index contributed by atoms with van der Waals surface area (Å²) in [5, 5.41) is 33.9. The quantitative estimate of drug-likeness (QED) is 0.153. The molecule has 5 aliphatic heterocycles. The van der Waals surface area contributed by atoms with Gasteiger partial charge in [-0.25, -0.2) is 4.79 Å². The van der Waals surface area contributed by atoms with Gasteiger partial charge in [0.1, 0.15) is 11.2 Å². The second-order valence-corrected chi connectivity index (χ2v) is 18.5. The largest absolute Gasteiger partial charge is 0.496 e. The summed E-state index contributed by atoms with van der Waals surface area (Å²) < 4.78 is 23.9. The minimum Gasteiger partial charge on any atom is -0.496 e. The molecule has 0 radical (unpaired) electrons. The van der Waals surface area contributed by atoms with Crippen molar-refractivity contribution in [2.24, 2.45) is 11.3 Å². The number of aromatic amines is 1. The fourth-order valence-electron chi connectivity index (χ4n) is 13.5. The molecule has 0 amide bonds. The van der Waals surface area contributed by atoms with E-state index in [1.54, 1.807) is 14.0 Å². The third-order valence-electron chi connectivity index (χ3n) is 15.6. The second-order valence-electron chi connectivity index (χ2n) is 18.5. The van der Waals surface area contributed by atoms with Crippen LogP contribution < -0.4 is 9.64 Å². The summed E-state index contributed by atoms with van der Waals surface area (Å²) in [5.41, 5.74) is -1.62. The number of H-pyrrole nitrogens is 1. The molecule has 3 fully saturated rings. The van der Waals surface area contributed by atoms with Gasteiger partial charge in [-0.3, -0.25) is 19.4 Å². The van der Waals surface area contributed by atoms with Gasteiger partial charge in [0.2, 0.25) is 5.60 Å². The molecule has 2 saturated heterocycles. The van der Waals surface area contributed by atoms with Crippen LogP contribution in [0.15, 0.2) is 48.6 Å². The number of ether oxygens (including phenoxy) is 4. The highest BCUT2D eigenvalue weighted by atomic mass is 16.6. The van der Waals surface area contributed by atoms with Gasteiger partial charge in [-0.15, -0.1) is 0 Å².